The predicted molar refractivity (Wildman–Crippen MR) is 89.7 cm³/mol. The summed E-state index contributed by atoms with van der Waals surface area (Å²) in [5.74, 6) is 1.70. The van der Waals surface area contributed by atoms with Crippen molar-refractivity contribution in [2.45, 2.75) is 33.1 Å². The van der Waals surface area contributed by atoms with E-state index in [2.05, 4.69) is 29.1 Å². The van der Waals surface area contributed by atoms with Crippen LogP contribution < -0.4 is 11.1 Å². The first-order valence-electron chi connectivity index (χ1n) is 6.76. The van der Waals surface area contributed by atoms with Gasteiger partial charge in [0.25, 0.3) is 0 Å². The largest absolute Gasteiger partial charge is 0.370 e. The lowest BCUT2D eigenvalue weighted by atomic mass is 9.95. The van der Waals surface area contributed by atoms with E-state index in [1.807, 2.05) is 0 Å². The molecular weight excluding hydrogens is 355 g/mol. The molecule has 6 heteroatoms. The summed E-state index contributed by atoms with van der Waals surface area (Å²) in [6.45, 7) is 7.15. The Labute approximate surface area is 133 Å². The van der Waals surface area contributed by atoms with E-state index < -0.39 is 0 Å². The molecule has 1 aliphatic heterocycles. The zero-order chi connectivity index (χ0) is 13.5. The lowest BCUT2D eigenvalue weighted by Gasteiger charge is -2.34. The molecule has 0 aliphatic carbocycles. The van der Waals surface area contributed by atoms with E-state index in [9.17, 15) is 4.79 Å². The van der Waals surface area contributed by atoms with Crippen LogP contribution >= 0.6 is 24.0 Å². The monoisotopic (exact) mass is 382 g/mol. The number of carbonyl (C=O) groups excluding carboxylic acids is 1. The summed E-state index contributed by atoms with van der Waals surface area (Å²) >= 11 is 0. The zero-order valence-electron chi connectivity index (χ0n) is 12.2. The molecule has 1 unspecified atom stereocenters. The van der Waals surface area contributed by atoms with Gasteiger partial charge >= 0.3 is 0 Å². The van der Waals surface area contributed by atoms with Gasteiger partial charge in [0.1, 0.15) is 0 Å². The molecule has 3 N–H and O–H groups in total. The highest BCUT2D eigenvalue weighted by atomic mass is 127. The first-order valence-corrected chi connectivity index (χ1v) is 6.76. The van der Waals surface area contributed by atoms with Crippen LogP contribution in [-0.2, 0) is 4.79 Å². The van der Waals surface area contributed by atoms with Gasteiger partial charge in [-0.05, 0) is 24.7 Å². The van der Waals surface area contributed by atoms with E-state index >= 15 is 0 Å². The number of amides is 1. The molecule has 0 spiro atoms. The Balaban J connectivity index is 0.00000324. The van der Waals surface area contributed by atoms with Crippen LogP contribution in [0.15, 0.2) is 4.99 Å². The van der Waals surface area contributed by atoms with Gasteiger partial charge in [0.05, 0.1) is 0 Å². The molecule has 1 aliphatic rings. The fraction of sp³-hybridized carbons (Fsp3) is 0.846. The molecule has 0 bridgehead atoms. The fourth-order valence-corrected chi connectivity index (χ4v) is 2.34. The molecule has 1 rings (SSSR count). The predicted octanol–water partition coefficient (Wildman–Crippen LogP) is 1.42. The van der Waals surface area contributed by atoms with Crippen molar-refractivity contribution >= 4 is 35.8 Å². The van der Waals surface area contributed by atoms with E-state index in [-0.39, 0.29) is 29.9 Å². The van der Waals surface area contributed by atoms with E-state index in [1.165, 1.54) is 0 Å². The SMILES string of the molecule is CN=C(NCC(C)C)N1CCCC(CC(N)=O)C1.I. The number of hydrogen-bond donors (Lipinski definition) is 2. The number of aliphatic imine (C=N–C) groups is 1. The van der Waals surface area contributed by atoms with Gasteiger partial charge in [0.15, 0.2) is 5.96 Å². The average molecular weight is 382 g/mol. The first-order chi connectivity index (χ1) is 8.52. The molecule has 0 radical (unpaired) electrons. The van der Waals surface area contributed by atoms with Crippen LogP contribution in [0.1, 0.15) is 33.1 Å². The van der Waals surface area contributed by atoms with Gasteiger partial charge in [-0.25, -0.2) is 0 Å². The number of nitrogens with zero attached hydrogens (tertiary/aromatic N) is 2. The number of halogens is 1. The molecule has 112 valence electrons. The minimum atomic E-state index is -0.202. The second-order valence-electron chi connectivity index (χ2n) is 5.45. The van der Waals surface area contributed by atoms with Crippen molar-refractivity contribution in [3.63, 3.8) is 0 Å². The van der Waals surface area contributed by atoms with Crippen molar-refractivity contribution in [2.24, 2.45) is 22.6 Å². The topological polar surface area (TPSA) is 70.7 Å². The van der Waals surface area contributed by atoms with Crippen molar-refractivity contribution < 1.29 is 4.79 Å². The van der Waals surface area contributed by atoms with Crippen LogP contribution in [0.4, 0.5) is 0 Å². The summed E-state index contributed by atoms with van der Waals surface area (Å²) in [4.78, 5) is 17.5. The average Bonchev–Trinajstić information content (AvgIpc) is 2.29. The highest BCUT2D eigenvalue weighted by Crippen LogP contribution is 2.19. The number of nitrogens with two attached hydrogens (primary N) is 1. The third-order valence-corrected chi connectivity index (χ3v) is 3.19. The number of hydrogen-bond acceptors (Lipinski definition) is 2. The van der Waals surface area contributed by atoms with Crippen molar-refractivity contribution in [2.75, 3.05) is 26.7 Å². The quantitative estimate of drug-likeness (QED) is 0.439. The van der Waals surface area contributed by atoms with Gasteiger partial charge in [-0.3, -0.25) is 9.79 Å². The van der Waals surface area contributed by atoms with Gasteiger partial charge < -0.3 is 16.0 Å². The van der Waals surface area contributed by atoms with E-state index in [0.717, 1.165) is 38.4 Å². The second kappa shape index (κ2) is 9.39. The number of likely N-dealkylation sites (tertiary alicyclic amines) is 1. The van der Waals surface area contributed by atoms with Gasteiger partial charge in [-0.2, -0.15) is 0 Å². The molecule has 19 heavy (non-hydrogen) atoms. The maximum atomic E-state index is 11.0. The van der Waals surface area contributed by atoms with Crippen molar-refractivity contribution in [3.05, 3.63) is 0 Å². The third-order valence-electron chi connectivity index (χ3n) is 3.19. The van der Waals surface area contributed by atoms with Crippen molar-refractivity contribution in [3.8, 4) is 0 Å². The Kier molecular flexibility index (Phi) is 9.12. The standard InChI is InChI=1S/C13H26N4O.HI/c1-10(2)8-16-13(15-3)17-6-4-5-11(9-17)7-12(14)18;/h10-11H,4-9H2,1-3H3,(H2,14,18)(H,15,16);1H. The van der Waals surface area contributed by atoms with Gasteiger partial charge in [0.2, 0.25) is 5.91 Å². The highest BCUT2D eigenvalue weighted by molar-refractivity contribution is 14.0. The molecule has 0 aromatic heterocycles. The Hall–Kier alpha value is -0.530. The lowest BCUT2D eigenvalue weighted by Crippen LogP contribution is -2.47. The first kappa shape index (κ1) is 18.5. The molecular formula is C13H27IN4O. The van der Waals surface area contributed by atoms with E-state index in [1.54, 1.807) is 7.05 Å². The minimum Gasteiger partial charge on any atom is -0.370 e. The Morgan fingerprint density at radius 1 is 1.53 bits per heavy atom. The molecule has 0 aromatic rings. The fourth-order valence-electron chi connectivity index (χ4n) is 2.34. The summed E-state index contributed by atoms with van der Waals surface area (Å²) in [6.07, 6.45) is 2.67. The van der Waals surface area contributed by atoms with Gasteiger partial charge in [-0.1, -0.05) is 13.8 Å². The maximum Gasteiger partial charge on any atom is 0.217 e. The number of primary amides is 1. The lowest BCUT2D eigenvalue weighted by molar-refractivity contribution is -0.119. The number of carbonyl (C=O) groups is 1. The number of nitrogens with one attached hydrogen (secondary N) is 1. The van der Waals surface area contributed by atoms with Crippen LogP contribution in [-0.4, -0.2) is 43.4 Å². The number of rotatable bonds is 4. The smallest absolute Gasteiger partial charge is 0.217 e. The molecule has 1 amide bonds. The van der Waals surface area contributed by atoms with Crippen LogP contribution in [0.2, 0.25) is 0 Å². The van der Waals surface area contributed by atoms with E-state index in [4.69, 9.17) is 5.73 Å². The summed E-state index contributed by atoms with van der Waals surface area (Å²) in [7, 11) is 1.81. The highest BCUT2D eigenvalue weighted by Gasteiger charge is 2.23. The van der Waals surface area contributed by atoms with Gasteiger partial charge in [0, 0.05) is 33.1 Å². The van der Waals surface area contributed by atoms with Gasteiger partial charge in [-0.15, -0.1) is 24.0 Å². The molecule has 0 saturated carbocycles. The second-order valence-corrected chi connectivity index (χ2v) is 5.45. The van der Waals surface area contributed by atoms with E-state index in [0.29, 0.717) is 18.3 Å². The van der Waals surface area contributed by atoms with Crippen LogP contribution in [0.3, 0.4) is 0 Å². The third kappa shape index (κ3) is 6.98. The molecule has 1 heterocycles. The molecule has 1 saturated heterocycles. The molecule has 5 nitrogen and oxygen atoms in total. The van der Waals surface area contributed by atoms with Crippen molar-refractivity contribution in [1.29, 1.82) is 0 Å². The van der Waals surface area contributed by atoms with Crippen LogP contribution in [0, 0.1) is 11.8 Å². The summed E-state index contributed by atoms with van der Waals surface area (Å²) in [5.41, 5.74) is 5.27. The minimum absolute atomic E-state index is 0. The maximum absolute atomic E-state index is 11.0. The Morgan fingerprint density at radius 2 is 2.21 bits per heavy atom. The molecule has 1 atom stereocenters. The normalized spacial score (nSPS) is 20.1. The summed E-state index contributed by atoms with van der Waals surface area (Å²) < 4.78 is 0. The number of guanidine groups is 1. The molecule has 1 fully saturated rings. The summed E-state index contributed by atoms with van der Waals surface area (Å²) in [6, 6.07) is 0. The number of piperidine rings is 1. The Morgan fingerprint density at radius 3 is 2.74 bits per heavy atom. The summed E-state index contributed by atoms with van der Waals surface area (Å²) in [5, 5.41) is 3.37. The van der Waals surface area contributed by atoms with Crippen LogP contribution in [0.5, 0.6) is 0 Å². The van der Waals surface area contributed by atoms with Crippen molar-refractivity contribution in [1.82, 2.24) is 10.2 Å². The molecule has 0 aromatic carbocycles. The Bertz CT molecular complexity index is 307. The van der Waals surface area contributed by atoms with Crippen LogP contribution in [0.25, 0.3) is 0 Å². The zero-order valence-corrected chi connectivity index (χ0v) is 14.5.